The lowest BCUT2D eigenvalue weighted by Crippen LogP contribution is -2.40. The smallest absolute Gasteiger partial charge is 0.237 e. The van der Waals surface area contributed by atoms with Crippen LogP contribution in [0.4, 0.5) is 0 Å². The first-order valence-corrected chi connectivity index (χ1v) is 8.74. The van der Waals surface area contributed by atoms with E-state index >= 15 is 0 Å². The second kappa shape index (κ2) is 12.1. The van der Waals surface area contributed by atoms with Gasteiger partial charge in [-0.15, -0.1) is 12.4 Å². The van der Waals surface area contributed by atoms with Gasteiger partial charge in [-0.1, -0.05) is 25.5 Å². The van der Waals surface area contributed by atoms with Crippen molar-refractivity contribution in [1.29, 1.82) is 0 Å². The van der Waals surface area contributed by atoms with E-state index in [1.165, 1.54) is 0 Å². The zero-order valence-corrected chi connectivity index (χ0v) is 15.7. The molecule has 0 saturated carbocycles. The standard InChI is InChI=1S/C18H29N3O3.ClH/c1-2-4-17(19)18(22)20-14-15-5-3-6-16(13-15)24-12-9-21-7-10-23-11-8-21;/h3,5-6,13,17H,2,4,7-12,14,19H2,1H3,(H,20,22);1H. The molecule has 1 aliphatic heterocycles. The maximum atomic E-state index is 11.9. The van der Waals surface area contributed by atoms with Crippen LogP contribution in [0.2, 0.25) is 0 Å². The van der Waals surface area contributed by atoms with Crippen molar-refractivity contribution in [2.45, 2.75) is 32.4 Å². The van der Waals surface area contributed by atoms with Gasteiger partial charge in [-0.3, -0.25) is 9.69 Å². The summed E-state index contributed by atoms with van der Waals surface area (Å²) in [5, 5.41) is 2.88. The number of nitrogens with one attached hydrogen (secondary N) is 1. The van der Waals surface area contributed by atoms with Crippen molar-refractivity contribution in [3.8, 4) is 5.75 Å². The second-order valence-corrected chi connectivity index (χ2v) is 6.06. The van der Waals surface area contributed by atoms with E-state index in [0.717, 1.165) is 50.6 Å². The third-order valence-corrected chi connectivity index (χ3v) is 4.08. The molecule has 0 bridgehead atoms. The van der Waals surface area contributed by atoms with Crippen molar-refractivity contribution in [1.82, 2.24) is 10.2 Å². The number of benzene rings is 1. The number of carbonyl (C=O) groups excluding carboxylic acids is 1. The van der Waals surface area contributed by atoms with Crippen molar-refractivity contribution in [2.75, 3.05) is 39.5 Å². The molecule has 0 spiro atoms. The van der Waals surface area contributed by atoms with Crippen LogP contribution >= 0.6 is 12.4 Å². The zero-order valence-electron chi connectivity index (χ0n) is 14.9. The molecule has 1 amide bonds. The second-order valence-electron chi connectivity index (χ2n) is 6.06. The summed E-state index contributed by atoms with van der Waals surface area (Å²) in [4.78, 5) is 14.2. The molecule has 1 aromatic carbocycles. The molecule has 1 saturated heterocycles. The van der Waals surface area contributed by atoms with Crippen LogP contribution in [0, 0.1) is 0 Å². The summed E-state index contributed by atoms with van der Waals surface area (Å²) in [5.41, 5.74) is 6.82. The summed E-state index contributed by atoms with van der Waals surface area (Å²) in [6.45, 7) is 7.57. The average molecular weight is 372 g/mol. The number of hydrogen-bond donors (Lipinski definition) is 2. The first kappa shape index (κ1) is 21.7. The van der Waals surface area contributed by atoms with Crippen molar-refractivity contribution in [3.63, 3.8) is 0 Å². The molecular formula is C18H30ClN3O3. The summed E-state index contributed by atoms with van der Waals surface area (Å²) in [6, 6.07) is 7.39. The molecule has 2 rings (SSSR count). The van der Waals surface area contributed by atoms with E-state index in [1.54, 1.807) is 0 Å². The molecule has 0 radical (unpaired) electrons. The number of carbonyl (C=O) groups is 1. The van der Waals surface area contributed by atoms with Gasteiger partial charge < -0.3 is 20.5 Å². The first-order valence-electron chi connectivity index (χ1n) is 8.74. The minimum atomic E-state index is -0.428. The van der Waals surface area contributed by atoms with E-state index in [1.807, 2.05) is 31.2 Å². The maximum absolute atomic E-state index is 11.9. The van der Waals surface area contributed by atoms with Gasteiger partial charge in [0.25, 0.3) is 0 Å². The molecule has 1 heterocycles. The Balaban J connectivity index is 0.00000312. The van der Waals surface area contributed by atoms with Crippen LogP contribution in [-0.2, 0) is 16.1 Å². The minimum Gasteiger partial charge on any atom is -0.492 e. The molecule has 1 unspecified atom stereocenters. The quantitative estimate of drug-likeness (QED) is 0.689. The van der Waals surface area contributed by atoms with Crippen LogP contribution in [-0.4, -0.2) is 56.3 Å². The van der Waals surface area contributed by atoms with Crippen LogP contribution in [0.1, 0.15) is 25.3 Å². The van der Waals surface area contributed by atoms with Gasteiger partial charge >= 0.3 is 0 Å². The molecule has 1 atom stereocenters. The number of hydrogen-bond acceptors (Lipinski definition) is 5. The number of ether oxygens (including phenoxy) is 2. The van der Waals surface area contributed by atoms with Crippen molar-refractivity contribution < 1.29 is 14.3 Å². The van der Waals surface area contributed by atoms with E-state index in [4.69, 9.17) is 15.2 Å². The lowest BCUT2D eigenvalue weighted by molar-refractivity contribution is -0.122. The normalized spacial score (nSPS) is 15.9. The van der Waals surface area contributed by atoms with Crippen molar-refractivity contribution >= 4 is 18.3 Å². The van der Waals surface area contributed by atoms with Crippen molar-refractivity contribution in [3.05, 3.63) is 29.8 Å². The molecule has 142 valence electrons. The first-order chi connectivity index (χ1) is 11.7. The Labute approximate surface area is 156 Å². The van der Waals surface area contributed by atoms with E-state index in [-0.39, 0.29) is 18.3 Å². The molecule has 6 nitrogen and oxygen atoms in total. The summed E-state index contributed by atoms with van der Waals surface area (Å²) >= 11 is 0. The fourth-order valence-electron chi connectivity index (χ4n) is 2.62. The predicted molar refractivity (Wildman–Crippen MR) is 101 cm³/mol. The molecule has 1 fully saturated rings. The minimum absolute atomic E-state index is 0. The van der Waals surface area contributed by atoms with Gasteiger partial charge in [-0.2, -0.15) is 0 Å². The van der Waals surface area contributed by atoms with Crippen LogP contribution in [0.15, 0.2) is 24.3 Å². The molecule has 0 aromatic heterocycles. The highest BCUT2D eigenvalue weighted by molar-refractivity contribution is 5.85. The van der Waals surface area contributed by atoms with Gasteiger partial charge in [0.1, 0.15) is 12.4 Å². The van der Waals surface area contributed by atoms with Gasteiger partial charge in [-0.25, -0.2) is 0 Å². The van der Waals surface area contributed by atoms with Gasteiger partial charge in [0.2, 0.25) is 5.91 Å². The van der Waals surface area contributed by atoms with E-state index < -0.39 is 6.04 Å². The monoisotopic (exact) mass is 371 g/mol. The van der Waals surface area contributed by atoms with E-state index in [0.29, 0.717) is 19.6 Å². The highest BCUT2D eigenvalue weighted by Crippen LogP contribution is 2.13. The molecule has 25 heavy (non-hydrogen) atoms. The third kappa shape index (κ3) is 8.05. The van der Waals surface area contributed by atoms with E-state index in [2.05, 4.69) is 10.2 Å². The molecule has 7 heteroatoms. The highest BCUT2D eigenvalue weighted by atomic mass is 35.5. The van der Waals surface area contributed by atoms with Crippen molar-refractivity contribution in [2.24, 2.45) is 5.73 Å². The zero-order chi connectivity index (χ0) is 17.2. The van der Waals surface area contributed by atoms with Gasteiger partial charge in [0.05, 0.1) is 19.3 Å². The largest absolute Gasteiger partial charge is 0.492 e. The Bertz CT molecular complexity index is 510. The average Bonchev–Trinajstić information content (AvgIpc) is 2.61. The molecule has 1 aliphatic rings. The molecule has 1 aromatic rings. The Morgan fingerprint density at radius 3 is 2.88 bits per heavy atom. The molecule has 0 aliphatic carbocycles. The highest BCUT2D eigenvalue weighted by Gasteiger charge is 2.12. The summed E-state index contributed by atoms with van der Waals surface area (Å²) in [7, 11) is 0. The van der Waals surface area contributed by atoms with Gasteiger partial charge in [-0.05, 0) is 24.1 Å². The van der Waals surface area contributed by atoms with Crippen LogP contribution < -0.4 is 15.8 Å². The Hall–Kier alpha value is -1.34. The summed E-state index contributed by atoms with van der Waals surface area (Å²) < 4.78 is 11.2. The third-order valence-electron chi connectivity index (χ3n) is 4.08. The Kier molecular flexibility index (Phi) is 10.5. The number of rotatable bonds is 9. The van der Waals surface area contributed by atoms with Crippen LogP contribution in [0.5, 0.6) is 5.75 Å². The topological polar surface area (TPSA) is 76.8 Å². The Morgan fingerprint density at radius 2 is 2.16 bits per heavy atom. The van der Waals surface area contributed by atoms with E-state index in [9.17, 15) is 4.79 Å². The van der Waals surface area contributed by atoms with Crippen LogP contribution in [0.25, 0.3) is 0 Å². The lowest BCUT2D eigenvalue weighted by Gasteiger charge is -2.26. The lowest BCUT2D eigenvalue weighted by atomic mass is 10.1. The Morgan fingerprint density at radius 1 is 1.40 bits per heavy atom. The summed E-state index contributed by atoms with van der Waals surface area (Å²) in [5.74, 6) is 0.725. The number of morpholine rings is 1. The number of halogens is 1. The van der Waals surface area contributed by atoms with Gasteiger partial charge in [0, 0.05) is 26.2 Å². The SMILES string of the molecule is CCCC(N)C(=O)NCc1cccc(OCCN2CCOCC2)c1.Cl. The fraction of sp³-hybridized carbons (Fsp3) is 0.611. The maximum Gasteiger partial charge on any atom is 0.237 e. The predicted octanol–water partition coefficient (Wildman–Crippen LogP) is 1.56. The molecular weight excluding hydrogens is 342 g/mol. The van der Waals surface area contributed by atoms with Crippen LogP contribution in [0.3, 0.4) is 0 Å². The summed E-state index contributed by atoms with van der Waals surface area (Å²) in [6.07, 6.45) is 1.61. The number of amides is 1. The van der Waals surface area contributed by atoms with Gasteiger partial charge in [0.15, 0.2) is 0 Å². The number of nitrogens with two attached hydrogens (primary N) is 1. The fourth-order valence-corrected chi connectivity index (χ4v) is 2.62. The number of nitrogens with zero attached hydrogens (tertiary/aromatic N) is 1. The molecule has 3 N–H and O–H groups in total.